The molecule has 7 nitrogen and oxygen atoms in total. The summed E-state index contributed by atoms with van der Waals surface area (Å²) in [6, 6.07) is 14.6. The summed E-state index contributed by atoms with van der Waals surface area (Å²) in [5.41, 5.74) is 1.82. The van der Waals surface area contributed by atoms with E-state index in [0.29, 0.717) is 33.6 Å². The van der Waals surface area contributed by atoms with Crippen LogP contribution in [0.1, 0.15) is 29.0 Å². The average Bonchev–Trinajstić information content (AvgIpc) is 2.75. The Hall–Kier alpha value is -3.26. The van der Waals surface area contributed by atoms with Crippen molar-refractivity contribution in [2.45, 2.75) is 23.2 Å². The third-order valence-electron chi connectivity index (χ3n) is 5.10. The van der Waals surface area contributed by atoms with Gasteiger partial charge in [0.25, 0.3) is 5.56 Å². The van der Waals surface area contributed by atoms with Crippen LogP contribution >= 0.6 is 11.8 Å². The van der Waals surface area contributed by atoms with Gasteiger partial charge in [-0.3, -0.25) is 9.59 Å². The number of carbonyl (C=O) groups is 1. The Kier molecular flexibility index (Phi) is 5.50. The molecule has 0 spiro atoms. The monoisotopic (exact) mass is 423 g/mol. The molecule has 1 atom stereocenters. The number of rotatable bonds is 5. The van der Waals surface area contributed by atoms with Crippen molar-refractivity contribution in [3.05, 3.63) is 75.6 Å². The molecule has 0 bridgehead atoms. The first-order valence-electron chi connectivity index (χ1n) is 9.42. The Morgan fingerprint density at radius 2 is 2.00 bits per heavy atom. The third kappa shape index (κ3) is 3.78. The average molecular weight is 423 g/mol. The molecular formula is C22H21N3O4S. The number of benzene rings is 2. The van der Waals surface area contributed by atoms with Crippen LogP contribution in [0, 0.1) is 0 Å². The number of phenolic OH excluding ortho intramolecular Hbond substituents is 1. The second kappa shape index (κ2) is 8.23. The zero-order valence-electron chi connectivity index (χ0n) is 16.6. The van der Waals surface area contributed by atoms with Crippen LogP contribution in [0.4, 0.5) is 5.82 Å². The summed E-state index contributed by atoms with van der Waals surface area (Å²) >= 11 is 1.44. The first kappa shape index (κ1) is 20.0. The van der Waals surface area contributed by atoms with Crippen molar-refractivity contribution in [3.63, 3.8) is 0 Å². The minimum atomic E-state index is -0.510. The number of carbonyl (C=O) groups excluding carboxylic acids is 1. The molecule has 2 heterocycles. The predicted molar refractivity (Wildman–Crippen MR) is 115 cm³/mol. The fraction of sp³-hybridized carbons (Fsp3) is 0.227. The van der Waals surface area contributed by atoms with Gasteiger partial charge in [-0.05, 0) is 11.6 Å². The topological polar surface area (TPSA) is 93.4 Å². The highest BCUT2D eigenvalue weighted by Crippen LogP contribution is 2.40. The first-order valence-corrected chi connectivity index (χ1v) is 10.4. The quantitative estimate of drug-likeness (QED) is 0.483. The predicted octanol–water partition coefficient (Wildman–Crippen LogP) is 3.26. The summed E-state index contributed by atoms with van der Waals surface area (Å²) in [5, 5.41) is 13.1. The van der Waals surface area contributed by atoms with Crippen LogP contribution in [0.25, 0.3) is 0 Å². The van der Waals surface area contributed by atoms with Gasteiger partial charge in [0.2, 0.25) is 5.91 Å². The number of hydrogen-bond donors (Lipinski definition) is 2. The van der Waals surface area contributed by atoms with Crippen molar-refractivity contribution in [2.75, 3.05) is 12.4 Å². The molecule has 154 valence electrons. The molecule has 3 aromatic rings. The molecule has 0 fully saturated rings. The molecule has 0 saturated carbocycles. The molecule has 1 aliphatic rings. The lowest BCUT2D eigenvalue weighted by molar-refractivity contribution is -0.116. The van der Waals surface area contributed by atoms with Gasteiger partial charge in [0.15, 0.2) is 5.16 Å². The minimum Gasteiger partial charge on any atom is -0.508 e. The summed E-state index contributed by atoms with van der Waals surface area (Å²) in [6.45, 7) is 0. The maximum atomic E-state index is 13.0. The second-order valence-corrected chi connectivity index (χ2v) is 7.97. The van der Waals surface area contributed by atoms with Crippen molar-refractivity contribution in [3.8, 4) is 11.5 Å². The molecule has 1 aliphatic heterocycles. The van der Waals surface area contributed by atoms with Crippen molar-refractivity contribution in [2.24, 2.45) is 7.05 Å². The zero-order chi connectivity index (χ0) is 21.3. The molecular weight excluding hydrogens is 402 g/mol. The second-order valence-electron chi connectivity index (χ2n) is 7.03. The Bertz CT molecular complexity index is 1160. The van der Waals surface area contributed by atoms with Crippen LogP contribution in [-0.2, 0) is 17.6 Å². The van der Waals surface area contributed by atoms with Crippen molar-refractivity contribution in [1.29, 1.82) is 0 Å². The van der Waals surface area contributed by atoms with E-state index in [1.807, 2.05) is 30.3 Å². The molecule has 1 aromatic heterocycles. The third-order valence-corrected chi connectivity index (χ3v) is 6.21. The molecule has 0 unspecified atom stereocenters. The van der Waals surface area contributed by atoms with Gasteiger partial charge in [0.1, 0.15) is 17.3 Å². The molecule has 2 N–H and O–H groups in total. The van der Waals surface area contributed by atoms with Crippen molar-refractivity contribution >= 4 is 23.5 Å². The molecule has 0 saturated heterocycles. The van der Waals surface area contributed by atoms with E-state index in [1.165, 1.54) is 31.0 Å². The minimum absolute atomic E-state index is 0.0507. The molecule has 2 aromatic carbocycles. The van der Waals surface area contributed by atoms with Gasteiger partial charge < -0.3 is 19.7 Å². The highest BCUT2D eigenvalue weighted by molar-refractivity contribution is 7.98. The van der Waals surface area contributed by atoms with Gasteiger partial charge in [-0.15, -0.1) is 0 Å². The number of phenols is 1. The number of thioether (sulfide) groups is 1. The highest BCUT2D eigenvalue weighted by atomic mass is 32.2. The Morgan fingerprint density at radius 1 is 1.23 bits per heavy atom. The Balaban J connectivity index is 1.76. The molecule has 8 heteroatoms. The number of amides is 1. The molecule has 30 heavy (non-hydrogen) atoms. The summed E-state index contributed by atoms with van der Waals surface area (Å²) in [4.78, 5) is 29.8. The van der Waals surface area contributed by atoms with Crippen LogP contribution in [0.15, 0.2) is 58.5 Å². The van der Waals surface area contributed by atoms with Crippen LogP contribution in [0.2, 0.25) is 0 Å². The van der Waals surface area contributed by atoms with Gasteiger partial charge >= 0.3 is 0 Å². The van der Waals surface area contributed by atoms with Crippen LogP contribution in [0.5, 0.6) is 11.5 Å². The first-order chi connectivity index (χ1) is 14.5. The Morgan fingerprint density at radius 3 is 2.73 bits per heavy atom. The van der Waals surface area contributed by atoms with E-state index < -0.39 is 5.92 Å². The number of anilines is 1. The number of aromatic hydroxyl groups is 1. The lowest BCUT2D eigenvalue weighted by Gasteiger charge is -2.28. The van der Waals surface area contributed by atoms with Crippen molar-refractivity contribution in [1.82, 2.24) is 9.55 Å². The van der Waals surface area contributed by atoms with E-state index in [0.717, 1.165) is 5.56 Å². The standard InChI is InChI=1S/C22H21N3O4S/c1-25-20-19(21(28)24-22(25)30-12-13-6-4-3-5-7-13)16(11-18(27)23-20)15-9-8-14(26)10-17(15)29-2/h3-10,16,26H,11-12H2,1-2H3,(H,23,27)/t16-/m1/s1. The van der Waals surface area contributed by atoms with E-state index >= 15 is 0 Å². The number of nitrogens with zero attached hydrogens (tertiary/aromatic N) is 2. The summed E-state index contributed by atoms with van der Waals surface area (Å²) in [6.07, 6.45) is 0.0988. The van der Waals surface area contributed by atoms with Gasteiger partial charge in [-0.2, -0.15) is 4.98 Å². The van der Waals surface area contributed by atoms with Crippen LogP contribution < -0.4 is 15.6 Å². The molecule has 1 amide bonds. The van der Waals surface area contributed by atoms with E-state index in [2.05, 4.69) is 10.3 Å². The number of ether oxygens (including phenoxy) is 1. The SMILES string of the molecule is COc1cc(O)ccc1[C@H]1CC(=O)Nc2c1c(=O)nc(SCc1ccccc1)n2C. The summed E-state index contributed by atoms with van der Waals surface area (Å²) in [5.74, 6) is 0.872. The zero-order valence-corrected chi connectivity index (χ0v) is 17.4. The largest absolute Gasteiger partial charge is 0.508 e. The van der Waals surface area contributed by atoms with Crippen LogP contribution in [-0.4, -0.2) is 27.7 Å². The van der Waals surface area contributed by atoms with Gasteiger partial charge in [0, 0.05) is 36.8 Å². The maximum Gasteiger partial charge on any atom is 0.279 e. The van der Waals surface area contributed by atoms with E-state index in [1.54, 1.807) is 17.7 Å². The van der Waals surface area contributed by atoms with E-state index in [4.69, 9.17) is 4.74 Å². The van der Waals surface area contributed by atoms with E-state index in [9.17, 15) is 14.7 Å². The number of hydrogen-bond acceptors (Lipinski definition) is 6. The molecule has 0 aliphatic carbocycles. The maximum absolute atomic E-state index is 13.0. The highest BCUT2D eigenvalue weighted by Gasteiger charge is 2.33. The van der Waals surface area contributed by atoms with Crippen LogP contribution in [0.3, 0.4) is 0 Å². The number of nitrogens with one attached hydrogen (secondary N) is 1. The number of aromatic nitrogens is 2. The lowest BCUT2D eigenvalue weighted by atomic mass is 9.86. The van der Waals surface area contributed by atoms with Gasteiger partial charge in [-0.25, -0.2) is 0 Å². The van der Waals surface area contributed by atoms with Gasteiger partial charge in [-0.1, -0.05) is 48.2 Å². The molecule has 0 radical (unpaired) electrons. The summed E-state index contributed by atoms with van der Waals surface area (Å²) < 4.78 is 7.14. The Labute approximate surface area is 177 Å². The van der Waals surface area contributed by atoms with Gasteiger partial charge in [0.05, 0.1) is 12.7 Å². The smallest absolute Gasteiger partial charge is 0.279 e. The lowest BCUT2D eigenvalue weighted by Crippen LogP contribution is -2.33. The fourth-order valence-corrected chi connectivity index (χ4v) is 4.56. The van der Waals surface area contributed by atoms with E-state index in [-0.39, 0.29) is 23.6 Å². The normalized spacial score (nSPS) is 15.4. The van der Waals surface area contributed by atoms with Crippen molar-refractivity contribution < 1.29 is 14.6 Å². The fourth-order valence-electron chi connectivity index (χ4n) is 3.64. The number of fused-ring (bicyclic) bond motifs is 1. The number of methoxy groups -OCH3 is 1. The summed E-state index contributed by atoms with van der Waals surface area (Å²) in [7, 11) is 3.27. The molecule has 4 rings (SSSR count).